The van der Waals surface area contributed by atoms with Crippen LogP contribution in [0.25, 0.3) is 0 Å². The molecule has 0 saturated carbocycles. The molecule has 0 aliphatic heterocycles. The number of aromatic nitrogens is 3. The summed E-state index contributed by atoms with van der Waals surface area (Å²) < 4.78 is 7.19. The van der Waals surface area contributed by atoms with Crippen molar-refractivity contribution in [3.8, 4) is 5.75 Å². The first-order chi connectivity index (χ1) is 15.2. The fourth-order valence-electron chi connectivity index (χ4n) is 3.12. The third kappa shape index (κ3) is 7.40. The zero-order valence-electron chi connectivity index (χ0n) is 18.6. The van der Waals surface area contributed by atoms with Crippen molar-refractivity contribution in [2.45, 2.75) is 39.2 Å². The summed E-state index contributed by atoms with van der Waals surface area (Å²) in [7, 11) is 3.66. The standard InChI is InChI=1S/C23H32N6OS/c1-18-27-28-22(29(18)2)17-26-23(25-15-13-21-8-6-16-31-21)24-14-5-4-7-19-9-11-20(30-3)12-10-19/h6,8-12,16H,4-5,7,13-15,17H2,1-3H3,(H2,24,25,26). The van der Waals surface area contributed by atoms with E-state index in [0.717, 1.165) is 62.1 Å². The van der Waals surface area contributed by atoms with Gasteiger partial charge in [0.15, 0.2) is 11.8 Å². The molecule has 8 heteroatoms. The fourth-order valence-corrected chi connectivity index (χ4v) is 3.83. The molecule has 31 heavy (non-hydrogen) atoms. The number of hydrogen-bond acceptors (Lipinski definition) is 5. The molecule has 0 aliphatic carbocycles. The molecule has 2 N–H and O–H groups in total. The van der Waals surface area contributed by atoms with Gasteiger partial charge in [0.2, 0.25) is 0 Å². The molecule has 0 atom stereocenters. The molecule has 0 radical (unpaired) electrons. The zero-order valence-corrected chi connectivity index (χ0v) is 19.4. The molecule has 2 heterocycles. The van der Waals surface area contributed by atoms with Gasteiger partial charge in [0.05, 0.1) is 7.11 Å². The molecule has 0 amide bonds. The van der Waals surface area contributed by atoms with Crippen LogP contribution in [0.1, 0.15) is 34.9 Å². The number of ether oxygens (including phenoxy) is 1. The number of guanidine groups is 1. The molecule has 3 rings (SSSR count). The van der Waals surface area contributed by atoms with Gasteiger partial charge in [-0.05, 0) is 61.7 Å². The van der Waals surface area contributed by atoms with Crippen LogP contribution in [-0.4, -0.2) is 40.9 Å². The van der Waals surface area contributed by atoms with E-state index in [1.54, 1.807) is 18.4 Å². The van der Waals surface area contributed by atoms with Crippen molar-refractivity contribution < 1.29 is 4.74 Å². The third-order valence-corrected chi connectivity index (χ3v) is 6.09. The number of nitrogens with zero attached hydrogens (tertiary/aromatic N) is 4. The van der Waals surface area contributed by atoms with Crippen LogP contribution in [0.5, 0.6) is 5.75 Å². The number of thiophene rings is 1. The topological polar surface area (TPSA) is 76.4 Å². The monoisotopic (exact) mass is 440 g/mol. The minimum atomic E-state index is 0.498. The highest BCUT2D eigenvalue weighted by Crippen LogP contribution is 2.13. The Kier molecular flexibility index (Phi) is 8.90. The lowest BCUT2D eigenvalue weighted by Crippen LogP contribution is -2.39. The molecule has 0 bridgehead atoms. The number of aliphatic imine (C=N–C) groups is 1. The van der Waals surface area contributed by atoms with Crippen LogP contribution < -0.4 is 15.4 Å². The van der Waals surface area contributed by atoms with Crippen LogP contribution in [0, 0.1) is 6.92 Å². The van der Waals surface area contributed by atoms with Crippen molar-refractivity contribution >= 4 is 17.3 Å². The Bertz CT molecular complexity index is 934. The van der Waals surface area contributed by atoms with Crippen LogP contribution in [0.4, 0.5) is 0 Å². The van der Waals surface area contributed by atoms with E-state index in [-0.39, 0.29) is 0 Å². The number of hydrogen-bond donors (Lipinski definition) is 2. The summed E-state index contributed by atoms with van der Waals surface area (Å²) >= 11 is 1.78. The molecule has 166 valence electrons. The SMILES string of the molecule is COc1ccc(CCCCNC(=NCc2nnc(C)n2C)NCCc2cccs2)cc1. The molecule has 0 aliphatic rings. The average molecular weight is 441 g/mol. The molecule has 0 saturated heterocycles. The lowest BCUT2D eigenvalue weighted by molar-refractivity contribution is 0.414. The van der Waals surface area contributed by atoms with E-state index in [2.05, 4.69) is 50.5 Å². The zero-order chi connectivity index (χ0) is 21.9. The molecule has 3 aromatic rings. The minimum absolute atomic E-state index is 0.498. The molecule has 1 aromatic carbocycles. The third-order valence-electron chi connectivity index (χ3n) is 5.15. The molecule has 2 aromatic heterocycles. The van der Waals surface area contributed by atoms with E-state index in [0.29, 0.717) is 6.54 Å². The minimum Gasteiger partial charge on any atom is -0.497 e. The lowest BCUT2D eigenvalue weighted by Gasteiger charge is -2.12. The predicted octanol–water partition coefficient (Wildman–Crippen LogP) is 3.49. The molecule has 0 spiro atoms. The summed E-state index contributed by atoms with van der Waals surface area (Å²) in [5.74, 6) is 3.47. The van der Waals surface area contributed by atoms with E-state index >= 15 is 0 Å². The van der Waals surface area contributed by atoms with Gasteiger partial charge < -0.3 is 19.9 Å². The number of methoxy groups -OCH3 is 1. The average Bonchev–Trinajstić information content (AvgIpc) is 3.42. The molecule has 0 unspecified atom stereocenters. The van der Waals surface area contributed by atoms with E-state index in [9.17, 15) is 0 Å². The van der Waals surface area contributed by atoms with Gasteiger partial charge in [-0.3, -0.25) is 0 Å². The Morgan fingerprint density at radius 3 is 2.55 bits per heavy atom. The van der Waals surface area contributed by atoms with Gasteiger partial charge >= 0.3 is 0 Å². The summed E-state index contributed by atoms with van der Waals surface area (Å²) in [5.41, 5.74) is 1.33. The predicted molar refractivity (Wildman–Crippen MR) is 127 cm³/mol. The summed E-state index contributed by atoms with van der Waals surface area (Å²) in [6.45, 7) is 4.16. The highest BCUT2D eigenvalue weighted by molar-refractivity contribution is 7.09. The second kappa shape index (κ2) is 12.1. The number of unbranched alkanes of at least 4 members (excludes halogenated alkanes) is 1. The van der Waals surface area contributed by atoms with Crippen molar-refractivity contribution in [1.29, 1.82) is 0 Å². The van der Waals surface area contributed by atoms with Crippen LogP contribution >= 0.6 is 11.3 Å². The Labute approximate surface area is 188 Å². The van der Waals surface area contributed by atoms with Gasteiger partial charge in [-0.2, -0.15) is 0 Å². The van der Waals surface area contributed by atoms with Crippen molar-refractivity contribution in [3.63, 3.8) is 0 Å². The fraction of sp³-hybridized carbons (Fsp3) is 0.435. The molecular weight excluding hydrogens is 408 g/mol. The maximum atomic E-state index is 5.22. The Morgan fingerprint density at radius 2 is 1.87 bits per heavy atom. The van der Waals surface area contributed by atoms with Crippen molar-refractivity contribution in [2.24, 2.45) is 12.0 Å². The van der Waals surface area contributed by atoms with Gasteiger partial charge in [0, 0.05) is 25.0 Å². The summed E-state index contributed by atoms with van der Waals surface area (Å²) in [4.78, 5) is 6.09. The van der Waals surface area contributed by atoms with Gasteiger partial charge in [-0.25, -0.2) is 4.99 Å². The van der Waals surface area contributed by atoms with E-state index in [4.69, 9.17) is 9.73 Å². The first-order valence-corrected chi connectivity index (χ1v) is 11.6. The molecular formula is C23H32N6OS. The second-order valence-electron chi connectivity index (χ2n) is 7.38. The summed E-state index contributed by atoms with van der Waals surface area (Å²) in [6.07, 6.45) is 4.23. The Morgan fingerprint density at radius 1 is 1.06 bits per heavy atom. The molecule has 0 fully saturated rings. The lowest BCUT2D eigenvalue weighted by atomic mass is 10.1. The number of nitrogens with one attached hydrogen (secondary N) is 2. The van der Waals surface area contributed by atoms with Crippen LogP contribution in [0.2, 0.25) is 0 Å². The van der Waals surface area contributed by atoms with Gasteiger partial charge in [-0.15, -0.1) is 21.5 Å². The summed E-state index contributed by atoms with van der Waals surface area (Å²) in [6, 6.07) is 12.6. The number of rotatable bonds is 11. The summed E-state index contributed by atoms with van der Waals surface area (Å²) in [5, 5.41) is 17.3. The van der Waals surface area contributed by atoms with Crippen LogP contribution in [0.3, 0.4) is 0 Å². The largest absolute Gasteiger partial charge is 0.497 e. The van der Waals surface area contributed by atoms with Gasteiger partial charge in [-0.1, -0.05) is 18.2 Å². The van der Waals surface area contributed by atoms with E-state index in [1.807, 2.05) is 30.7 Å². The smallest absolute Gasteiger partial charge is 0.191 e. The first kappa shape index (κ1) is 22.8. The Hall–Kier alpha value is -2.87. The van der Waals surface area contributed by atoms with Gasteiger partial charge in [0.1, 0.15) is 18.1 Å². The second-order valence-corrected chi connectivity index (χ2v) is 8.41. The highest BCUT2D eigenvalue weighted by atomic mass is 32.1. The number of aryl methyl sites for hydroxylation is 2. The normalized spacial score (nSPS) is 11.5. The maximum Gasteiger partial charge on any atom is 0.191 e. The quantitative estimate of drug-likeness (QED) is 0.271. The van der Waals surface area contributed by atoms with E-state index in [1.165, 1.54) is 10.4 Å². The van der Waals surface area contributed by atoms with Crippen molar-refractivity contribution in [2.75, 3.05) is 20.2 Å². The van der Waals surface area contributed by atoms with Crippen LogP contribution in [-0.2, 0) is 26.4 Å². The van der Waals surface area contributed by atoms with Gasteiger partial charge in [0.25, 0.3) is 0 Å². The Balaban J connectivity index is 1.46. The molecule has 7 nitrogen and oxygen atoms in total. The first-order valence-electron chi connectivity index (χ1n) is 10.7. The highest BCUT2D eigenvalue weighted by Gasteiger charge is 2.05. The number of benzene rings is 1. The van der Waals surface area contributed by atoms with E-state index < -0.39 is 0 Å². The van der Waals surface area contributed by atoms with Crippen molar-refractivity contribution in [3.05, 3.63) is 63.9 Å². The van der Waals surface area contributed by atoms with Crippen LogP contribution in [0.15, 0.2) is 46.8 Å². The maximum absolute atomic E-state index is 5.22. The van der Waals surface area contributed by atoms with Crippen molar-refractivity contribution in [1.82, 2.24) is 25.4 Å².